The minimum atomic E-state index is -0.724. The highest BCUT2D eigenvalue weighted by Crippen LogP contribution is 2.36. The van der Waals surface area contributed by atoms with Crippen molar-refractivity contribution in [3.8, 4) is 17.3 Å². The molecule has 218 valence electrons. The molecule has 9 nitrogen and oxygen atoms in total. The fourth-order valence-corrected chi connectivity index (χ4v) is 6.05. The van der Waals surface area contributed by atoms with Crippen molar-refractivity contribution in [2.45, 2.75) is 31.8 Å². The summed E-state index contributed by atoms with van der Waals surface area (Å²) in [6.07, 6.45) is 3.34. The predicted molar refractivity (Wildman–Crippen MR) is 158 cm³/mol. The molecule has 2 aromatic carbocycles. The molecule has 0 unspecified atom stereocenters. The Morgan fingerprint density at radius 1 is 1.19 bits per heavy atom. The molecule has 1 amide bonds. The molecule has 4 heterocycles. The van der Waals surface area contributed by atoms with E-state index in [-0.39, 0.29) is 46.2 Å². The number of ether oxygens (including phenoxy) is 1. The monoisotopic (exact) mass is 574 g/mol. The summed E-state index contributed by atoms with van der Waals surface area (Å²) in [6.45, 7) is 8.23. The fraction of sp³-hybridized carbons (Fsp3) is 0.355. The Morgan fingerprint density at radius 2 is 2.02 bits per heavy atom. The summed E-state index contributed by atoms with van der Waals surface area (Å²) >= 11 is 0. The number of aromatic nitrogens is 3. The number of nitrogens with one attached hydrogen (secondary N) is 1. The van der Waals surface area contributed by atoms with Crippen molar-refractivity contribution in [3.63, 3.8) is 0 Å². The van der Waals surface area contributed by atoms with Gasteiger partial charge in [0.05, 0.1) is 5.69 Å². The van der Waals surface area contributed by atoms with Gasteiger partial charge < -0.3 is 24.4 Å². The van der Waals surface area contributed by atoms with E-state index in [1.54, 1.807) is 17.0 Å². The van der Waals surface area contributed by atoms with E-state index >= 15 is 4.39 Å². The van der Waals surface area contributed by atoms with Crippen molar-refractivity contribution in [2.24, 2.45) is 0 Å². The van der Waals surface area contributed by atoms with Gasteiger partial charge in [0.2, 0.25) is 11.5 Å². The van der Waals surface area contributed by atoms with Crippen LogP contribution >= 0.6 is 0 Å². The predicted octanol–water partition coefficient (Wildman–Crippen LogP) is 4.11. The number of halogens is 2. The van der Waals surface area contributed by atoms with Crippen LogP contribution in [0.4, 0.5) is 14.6 Å². The summed E-state index contributed by atoms with van der Waals surface area (Å²) in [5, 5.41) is 0.920. The molecule has 0 bridgehead atoms. The molecular formula is C31H32F2N6O3. The maximum atomic E-state index is 16.5. The zero-order chi connectivity index (χ0) is 29.5. The van der Waals surface area contributed by atoms with Crippen LogP contribution in [0.1, 0.15) is 19.8 Å². The second-order valence-electron chi connectivity index (χ2n) is 11.0. The summed E-state index contributed by atoms with van der Waals surface area (Å²) in [4.78, 5) is 42.5. The molecule has 6 rings (SSSR count). The first-order valence-electron chi connectivity index (χ1n) is 14.1. The molecule has 11 heteroatoms. The van der Waals surface area contributed by atoms with Crippen molar-refractivity contribution in [2.75, 3.05) is 44.7 Å². The van der Waals surface area contributed by atoms with E-state index < -0.39 is 17.2 Å². The van der Waals surface area contributed by atoms with Crippen LogP contribution < -0.4 is 15.2 Å². The molecule has 2 aliphatic heterocycles. The first-order valence-corrected chi connectivity index (χ1v) is 14.1. The summed E-state index contributed by atoms with van der Waals surface area (Å²) in [5.41, 5.74) is -0.430. The third kappa shape index (κ3) is 4.98. The smallest absolute Gasteiger partial charge is 0.319 e. The van der Waals surface area contributed by atoms with Gasteiger partial charge in [0.1, 0.15) is 23.8 Å². The van der Waals surface area contributed by atoms with Gasteiger partial charge in [0.15, 0.2) is 5.82 Å². The Bertz CT molecular complexity index is 1760. The molecule has 4 aromatic rings. The Hall–Kier alpha value is -4.38. The SMILES string of the molecule is C=CC(=O)N1CCN(c2nc(OC[C@@H]3CCCN3C)nc3c(F)c(-c4[nH]c(=O)cc5cccc(F)c45)ccc23)[C@@H](C)C1. The second kappa shape index (κ2) is 11.1. The van der Waals surface area contributed by atoms with Crippen LogP contribution in [0, 0.1) is 11.6 Å². The first kappa shape index (κ1) is 27.8. The first-order chi connectivity index (χ1) is 20.2. The maximum absolute atomic E-state index is 16.5. The van der Waals surface area contributed by atoms with Crippen LogP contribution in [0.2, 0.25) is 0 Å². The number of anilines is 1. The number of benzene rings is 2. The van der Waals surface area contributed by atoms with Crippen LogP contribution in [0.15, 0.2) is 53.8 Å². The third-order valence-electron chi connectivity index (χ3n) is 8.33. The number of hydrogen-bond donors (Lipinski definition) is 1. The van der Waals surface area contributed by atoms with Gasteiger partial charge >= 0.3 is 6.01 Å². The molecule has 2 saturated heterocycles. The Morgan fingerprint density at radius 3 is 2.76 bits per heavy atom. The zero-order valence-corrected chi connectivity index (χ0v) is 23.6. The standard InChI is InChI=1S/C31H32F2N6O3/c1-4-25(41)38-13-14-39(18(2)16-38)30-22-11-10-21(28-26-19(15-24(40)34-28)7-5-9-23(26)32)27(33)29(22)35-31(36-30)42-17-20-8-6-12-37(20)3/h4-5,7,9-11,15,18,20H,1,6,8,12-14,16-17H2,2-3H3,(H,34,40)/t18-,20-/m0/s1. The van der Waals surface area contributed by atoms with Crippen molar-refractivity contribution in [1.29, 1.82) is 0 Å². The second-order valence-corrected chi connectivity index (χ2v) is 11.0. The minimum Gasteiger partial charge on any atom is -0.462 e. The van der Waals surface area contributed by atoms with Gasteiger partial charge in [-0.1, -0.05) is 18.7 Å². The number of amides is 1. The molecule has 42 heavy (non-hydrogen) atoms. The van der Waals surface area contributed by atoms with Crippen LogP contribution in [0.25, 0.3) is 32.9 Å². The molecule has 2 aromatic heterocycles. The average molecular weight is 575 g/mol. The Balaban J connectivity index is 1.48. The zero-order valence-electron chi connectivity index (χ0n) is 23.6. The van der Waals surface area contributed by atoms with Crippen molar-refractivity contribution < 1.29 is 18.3 Å². The highest BCUT2D eigenvalue weighted by atomic mass is 19.1. The number of likely N-dealkylation sites (N-methyl/N-ethyl adjacent to an activating group) is 1. The normalized spacial score (nSPS) is 19.5. The van der Waals surface area contributed by atoms with Gasteiger partial charge in [-0.2, -0.15) is 9.97 Å². The maximum Gasteiger partial charge on any atom is 0.319 e. The number of aromatic amines is 1. The summed E-state index contributed by atoms with van der Waals surface area (Å²) in [6, 6.07) is 8.95. The van der Waals surface area contributed by atoms with Gasteiger partial charge in [-0.25, -0.2) is 8.78 Å². The van der Waals surface area contributed by atoms with Crippen molar-refractivity contribution >= 4 is 33.4 Å². The lowest BCUT2D eigenvalue weighted by Gasteiger charge is -2.40. The molecule has 0 radical (unpaired) electrons. The number of rotatable bonds is 6. The van der Waals surface area contributed by atoms with Gasteiger partial charge in [-0.15, -0.1) is 0 Å². The lowest BCUT2D eigenvalue weighted by molar-refractivity contribution is -0.126. The van der Waals surface area contributed by atoms with E-state index in [2.05, 4.69) is 21.4 Å². The van der Waals surface area contributed by atoms with Gasteiger partial charge in [-0.05, 0) is 63.0 Å². The number of pyridine rings is 1. The highest BCUT2D eigenvalue weighted by molar-refractivity contribution is 5.99. The van der Waals surface area contributed by atoms with E-state index in [0.717, 1.165) is 19.4 Å². The lowest BCUT2D eigenvalue weighted by Crippen LogP contribution is -2.53. The average Bonchev–Trinajstić information content (AvgIpc) is 3.39. The molecule has 0 aliphatic carbocycles. The lowest BCUT2D eigenvalue weighted by atomic mass is 10.0. The van der Waals surface area contributed by atoms with Gasteiger partial charge in [-0.3, -0.25) is 9.59 Å². The van der Waals surface area contributed by atoms with Crippen LogP contribution in [-0.4, -0.2) is 82.6 Å². The number of fused-ring (bicyclic) bond motifs is 2. The van der Waals surface area contributed by atoms with Gasteiger partial charge in [0.25, 0.3) is 0 Å². The molecule has 2 fully saturated rings. The number of carbonyl (C=O) groups excluding carboxylic acids is 1. The van der Waals surface area contributed by atoms with Crippen LogP contribution in [-0.2, 0) is 4.79 Å². The number of nitrogens with zero attached hydrogens (tertiary/aromatic N) is 5. The van der Waals surface area contributed by atoms with E-state index in [1.807, 2.05) is 18.9 Å². The van der Waals surface area contributed by atoms with Crippen molar-refractivity contribution in [1.82, 2.24) is 24.8 Å². The van der Waals surface area contributed by atoms with Gasteiger partial charge in [0, 0.05) is 54.1 Å². The molecular weight excluding hydrogens is 542 g/mol. The van der Waals surface area contributed by atoms with E-state index in [0.29, 0.717) is 42.8 Å². The molecule has 2 atom stereocenters. The Kier molecular flexibility index (Phi) is 7.36. The summed E-state index contributed by atoms with van der Waals surface area (Å²) < 4.78 is 37.6. The topological polar surface area (TPSA) is 94.7 Å². The number of carbonyl (C=O) groups is 1. The van der Waals surface area contributed by atoms with Crippen LogP contribution in [0.5, 0.6) is 6.01 Å². The number of hydrogen-bond acceptors (Lipinski definition) is 7. The van der Waals surface area contributed by atoms with Crippen molar-refractivity contribution in [3.05, 3.63) is 71.0 Å². The van der Waals surface area contributed by atoms with Crippen LogP contribution in [0.3, 0.4) is 0 Å². The summed E-state index contributed by atoms with van der Waals surface area (Å²) in [5.74, 6) is -0.965. The molecule has 1 N–H and O–H groups in total. The number of likely N-dealkylation sites (tertiary alicyclic amines) is 1. The quantitative estimate of drug-likeness (QED) is 0.347. The van der Waals surface area contributed by atoms with E-state index in [1.165, 1.54) is 30.3 Å². The molecule has 2 aliphatic rings. The highest BCUT2D eigenvalue weighted by Gasteiger charge is 2.30. The third-order valence-corrected chi connectivity index (χ3v) is 8.33. The molecule has 0 spiro atoms. The van der Waals surface area contributed by atoms with E-state index in [9.17, 15) is 14.0 Å². The Labute approximate surface area is 241 Å². The van der Waals surface area contributed by atoms with E-state index in [4.69, 9.17) is 9.72 Å². The largest absolute Gasteiger partial charge is 0.462 e. The fourth-order valence-electron chi connectivity index (χ4n) is 6.05. The number of piperazine rings is 1. The molecule has 0 saturated carbocycles. The number of H-pyrrole nitrogens is 1. The summed E-state index contributed by atoms with van der Waals surface area (Å²) in [7, 11) is 2.04. The minimum absolute atomic E-state index is 0.00161.